The Morgan fingerprint density at radius 3 is 2.52 bits per heavy atom. The Hall–Kier alpha value is -0.940. The molecule has 0 spiro atoms. The average molecular weight is 373 g/mol. The molecule has 21 heavy (non-hydrogen) atoms. The second kappa shape index (κ2) is 6.44. The number of nitrogens with zero attached hydrogens (tertiary/aromatic N) is 2. The summed E-state index contributed by atoms with van der Waals surface area (Å²) >= 11 is 3.38. The van der Waals surface area contributed by atoms with Crippen LogP contribution in [0.5, 0.6) is 0 Å². The molecular formula is C14H19BrN3O2S+. The van der Waals surface area contributed by atoms with E-state index in [9.17, 15) is 8.42 Å². The highest BCUT2D eigenvalue weighted by Crippen LogP contribution is 2.22. The van der Waals surface area contributed by atoms with Crippen LogP contribution in [0, 0.1) is 18.3 Å². The molecule has 0 aliphatic carbocycles. The summed E-state index contributed by atoms with van der Waals surface area (Å²) in [6.45, 7) is 6.00. The molecule has 1 aliphatic rings. The predicted molar refractivity (Wildman–Crippen MR) is 83.4 cm³/mol. The standard InChI is InChI=1S/C14H18BrN3O2S/c1-11-9-13(3-4-14(11)15)21(19,20)18-7-5-17(6-8-18)12(2)10-16/h3-4,9,12H,5-8H2,1-2H3/p+1/t12-/m0/s1. The van der Waals surface area contributed by atoms with E-state index in [4.69, 9.17) is 5.26 Å². The van der Waals surface area contributed by atoms with Gasteiger partial charge in [0.1, 0.15) is 6.07 Å². The van der Waals surface area contributed by atoms with Crippen molar-refractivity contribution in [1.29, 1.82) is 5.26 Å². The lowest BCUT2D eigenvalue weighted by atomic mass is 10.2. The van der Waals surface area contributed by atoms with Crippen LogP contribution in [-0.2, 0) is 10.0 Å². The second-order valence-corrected chi connectivity index (χ2v) is 8.12. The van der Waals surface area contributed by atoms with Gasteiger partial charge in [0.2, 0.25) is 10.0 Å². The van der Waals surface area contributed by atoms with Crippen LogP contribution < -0.4 is 4.90 Å². The van der Waals surface area contributed by atoms with Crippen LogP contribution in [0.4, 0.5) is 0 Å². The first-order valence-electron chi connectivity index (χ1n) is 6.86. The second-order valence-electron chi connectivity index (χ2n) is 5.32. The Kier molecular flexibility index (Phi) is 5.04. The molecule has 1 aromatic carbocycles. The van der Waals surface area contributed by atoms with Crippen molar-refractivity contribution in [1.82, 2.24) is 4.31 Å². The molecule has 1 heterocycles. The number of piperazine rings is 1. The number of halogens is 1. The van der Waals surface area contributed by atoms with Crippen molar-refractivity contribution in [3.63, 3.8) is 0 Å². The third-order valence-corrected chi connectivity index (χ3v) is 6.72. The number of quaternary nitrogens is 1. The van der Waals surface area contributed by atoms with E-state index in [0.29, 0.717) is 31.1 Å². The van der Waals surface area contributed by atoms with Gasteiger partial charge in [-0.05, 0) is 30.7 Å². The smallest absolute Gasteiger partial charge is 0.243 e. The zero-order valence-electron chi connectivity index (χ0n) is 12.1. The molecule has 1 fully saturated rings. The minimum Gasteiger partial charge on any atom is -0.319 e. The van der Waals surface area contributed by atoms with Gasteiger partial charge in [0, 0.05) is 11.4 Å². The summed E-state index contributed by atoms with van der Waals surface area (Å²) in [5, 5.41) is 8.94. The van der Waals surface area contributed by atoms with E-state index in [1.165, 1.54) is 4.31 Å². The van der Waals surface area contributed by atoms with E-state index in [0.717, 1.165) is 14.9 Å². The fourth-order valence-corrected chi connectivity index (χ4v) is 4.24. The Balaban J connectivity index is 2.15. The first-order chi connectivity index (χ1) is 9.86. The Morgan fingerprint density at radius 1 is 1.38 bits per heavy atom. The summed E-state index contributed by atoms with van der Waals surface area (Å²) in [7, 11) is -3.44. The molecule has 1 atom stereocenters. The third-order valence-electron chi connectivity index (χ3n) is 3.94. The van der Waals surface area contributed by atoms with E-state index in [1.54, 1.807) is 18.2 Å². The van der Waals surface area contributed by atoms with Crippen molar-refractivity contribution in [3.05, 3.63) is 28.2 Å². The van der Waals surface area contributed by atoms with Crippen LogP contribution in [0.3, 0.4) is 0 Å². The van der Waals surface area contributed by atoms with Gasteiger partial charge in [-0.15, -0.1) is 0 Å². The molecule has 1 aliphatic heterocycles. The molecule has 1 saturated heterocycles. The molecular weight excluding hydrogens is 354 g/mol. The van der Waals surface area contributed by atoms with E-state index in [2.05, 4.69) is 22.0 Å². The lowest BCUT2D eigenvalue weighted by Crippen LogP contribution is -3.17. The molecule has 0 saturated carbocycles. The summed E-state index contributed by atoms with van der Waals surface area (Å²) in [6.07, 6.45) is 0. The molecule has 2 rings (SSSR count). The van der Waals surface area contributed by atoms with Gasteiger partial charge in [-0.1, -0.05) is 15.9 Å². The summed E-state index contributed by atoms with van der Waals surface area (Å²) in [6, 6.07) is 7.22. The van der Waals surface area contributed by atoms with Crippen molar-refractivity contribution in [2.75, 3.05) is 26.2 Å². The zero-order chi connectivity index (χ0) is 15.6. The maximum atomic E-state index is 12.6. The maximum Gasteiger partial charge on any atom is 0.243 e. The number of nitriles is 1. The molecule has 1 N–H and O–H groups in total. The van der Waals surface area contributed by atoms with Gasteiger partial charge in [-0.25, -0.2) is 8.42 Å². The molecule has 0 aromatic heterocycles. The molecule has 0 bridgehead atoms. The number of sulfonamides is 1. The normalized spacial score (nSPS) is 19.1. The van der Waals surface area contributed by atoms with Crippen LogP contribution >= 0.6 is 15.9 Å². The summed E-state index contributed by atoms with van der Waals surface area (Å²) in [5.41, 5.74) is 0.901. The van der Waals surface area contributed by atoms with Crippen molar-refractivity contribution < 1.29 is 13.3 Å². The first-order valence-corrected chi connectivity index (χ1v) is 9.10. The fourth-order valence-electron chi connectivity index (χ4n) is 2.46. The predicted octanol–water partition coefficient (Wildman–Crippen LogP) is 0.559. The van der Waals surface area contributed by atoms with Crippen LogP contribution in [0.1, 0.15) is 12.5 Å². The van der Waals surface area contributed by atoms with Crippen LogP contribution in [-0.4, -0.2) is 44.9 Å². The minimum absolute atomic E-state index is 0.0928. The monoisotopic (exact) mass is 372 g/mol. The lowest BCUT2D eigenvalue weighted by Gasteiger charge is -2.32. The van der Waals surface area contributed by atoms with Crippen LogP contribution in [0.2, 0.25) is 0 Å². The molecule has 0 radical (unpaired) electrons. The molecule has 5 nitrogen and oxygen atoms in total. The van der Waals surface area contributed by atoms with Gasteiger partial charge >= 0.3 is 0 Å². The van der Waals surface area contributed by atoms with Gasteiger partial charge in [-0.3, -0.25) is 0 Å². The van der Waals surface area contributed by atoms with E-state index >= 15 is 0 Å². The molecule has 0 unspecified atom stereocenters. The number of aryl methyl sites for hydroxylation is 1. The van der Waals surface area contributed by atoms with Gasteiger partial charge < -0.3 is 4.90 Å². The largest absolute Gasteiger partial charge is 0.319 e. The molecule has 1 aromatic rings. The maximum absolute atomic E-state index is 12.6. The number of hydrogen-bond donors (Lipinski definition) is 1. The number of nitrogens with one attached hydrogen (secondary N) is 1. The number of rotatable bonds is 3. The van der Waals surface area contributed by atoms with E-state index < -0.39 is 10.0 Å². The number of benzene rings is 1. The van der Waals surface area contributed by atoms with Gasteiger partial charge in [0.25, 0.3) is 0 Å². The molecule has 114 valence electrons. The summed E-state index contributed by atoms with van der Waals surface area (Å²) in [5.74, 6) is 0. The van der Waals surface area contributed by atoms with Crippen LogP contribution in [0.25, 0.3) is 0 Å². The van der Waals surface area contributed by atoms with E-state index in [-0.39, 0.29) is 6.04 Å². The van der Waals surface area contributed by atoms with Crippen molar-refractivity contribution >= 4 is 26.0 Å². The van der Waals surface area contributed by atoms with Crippen molar-refractivity contribution in [3.8, 4) is 6.07 Å². The van der Waals surface area contributed by atoms with Crippen LogP contribution in [0.15, 0.2) is 27.6 Å². The van der Waals surface area contributed by atoms with Crippen molar-refractivity contribution in [2.45, 2.75) is 24.8 Å². The van der Waals surface area contributed by atoms with Gasteiger partial charge in [-0.2, -0.15) is 9.57 Å². The van der Waals surface area contributed by atoms with Gasteiger partial charge in [0.05, 0.1) is 31.1 Å². The lowest BCUT2D eigenvalue weighted by molar-refractivity contribution is -0.918. The first kappa shape index (κ1) is 16.4. The number of hydrogen-bond acceptors (Lipinski definition) is 3. The SMILES string of the molecule is Cc1cc(S(=O)(=O)N2CC[NH+]([C@@H](C)C#N)CC2)ccc1Br. The highest BCUT2D eigenvalue weighted by atomic mass is 79.9. The van der Waals surface area contributed by atoms with Gasteiger partial charge in [0.15, 0.2) is 6.04 Å². The highest BCUT2D eigenvalue weighted by molar-refractivity contribution is 9.10. The average Bonchev–Trinajstić information content (AvgIpc) is 2.49. The third kappa shape index (κ3) is 3.46. The Labute approximate surface area is 134 Å². The summed E-state index contributed by atoms with van der Waals surface area (Å²) < 4.78 is 27.7. The summed E-state index contributed by atoms with van der Waals surface area (Å²) in [4.78, 5) is 1.48. The quantitative estimate of drug-likeness (QED) is 0.842. The zero-order valence-corrected chi connectivity index (χ0v) is 14.5. The van der Waals surface area contributed by atoms with E-state index in [1.807, 2.05) is 13.8 Å². The van der Waals surface area contributed by atoms with Crippen molar-refractivity contribution in [2.24, 2.45) is 0 Å². The fraction of sp³-hybridized carbons (Fsp3) is 0.500. The topological polar surface area (TPSA) is 65.6 Å². The highest BCUT2D eigenvalue weighted by Gasteiger charge is 2.32. The Bertz CT molecular complexity index is 661. The Morgan fingerprint density at radius 2 is 2.00 bits per heavy atom. The molecule has 0 amide bonds. The minimum atomic E-state index is -3.44. The molecule has 7 heteroatoms.